The molecule has 0 aliphatic rings. The molecular weight excluding hydrogens is 114 g/mol. The van der Waals surface area contributed by atoms with E-state index in [1.54, 1.807) is 7.05 Å². The van der Waals surface area contributed by atoms with E-state index in [2.05, 4.69) is 10.3 Å². The highest BCUT2D eigenvalue weighted by molar-refractivity contribution is 5.19. The minimum Gasteiger partial charge on any atom is -0.474 e. The van der Waals surface area contributed by atoms with E-state index < -0.39 is 0 Å². The van der Waals surface area contributed by atoms with Crippen LogP contribution in [0.5, 0.6) is 5.75 Å². The van der Waals surface area contributed by atoms with Crippen LogP contribution in [0.25, 0.3) is 0 Å². The molecule has 0 aromatic heterocycles. The van der Waals surface area contributed by atoms with Crippen molar-refractivity contribution in [3.63, 3.8) is 0 Å². The fraction of sp³-hybridized carbons (Fsp3) is 0.143. The predicted octanol–water partition coefficient (Wildman–Crippen LogP) is 1.06. The van der Waals surface area contributed by atoms with Gasteiger partial charge in [0.05, 0.1) is 7.05 Å². The van der Waals surface area contributed by atoms with Gasteiger partial charge in [0.25, 0.3) is 5.75 Å². The molecule has 48 valence electrons. The molecular formula is C7H10NO+. The van der Waals surface area contributed by atoms with Crippen molar-refractivity contribution in [2.75, 3.05) is 7.05 Å². The Bertz CT molecular complexity index is 162. The minimum absolute atomic E-state index is 0.958. The molecule has 0 saturated heterocycles. The van der Waals surface area contributed by atoms with Crippen molar-refractivity contribution in [2.24, 2.45) is 0 Å². The Kier molecular flexibility index (Phi) is 2.10. The van der Waals surface area contributed by atoms with Gasteiger partial charge in [-0.2, -0.15) is 0 Å². The van der Waals surface area contributed by atoms with Gasteiger partial charge in [0, 0.05) is 12.1 Å². The van der Waals surface area contributed by atoms with Crippen LogP contribution in [-0.2, 0) is 0 Å². The quantitative estimate of drug-likeness (QED) is 0.463. The van der Waals surface area contributed by atoms with Crippen LogP contribution in [0.3, 0.4) is 0 Å². The summed E-state index contributed by atoms with van der Waals surface area (Å²) in [5, 5.41) is 0. The van der Waals surface area contributed by atoms with Crippen LogP contribution in [0.4, 0.5) is 0 Å². The average Bonchev–Trinajstić information content (AvgIpc) is 1.91. The number of para-hydroxylation sites is 1. The Labute approximate surface area is 54.4 Å². The SMILES string of the molecule is CN[OH+]c1ccccc1. The first-order valence-electron chi connectivity index (χ1n) is 2.86. The molecule has 0 unspecified atom stereocenters. The second-order valence-corrected chi connectivity index (χ2v) is 1.67. The first-order valence-corrected chi connectivity index (χ1v) is 2.86. The van der Waals surface area contributed by atoms with E-state index in [-0.39, 0.29) is 0 Å². The zero-order chi connectivity index (χ0) is 6.53. The maximum absolute atomic E-state index is 3.96. The molecule has 0 amide bonds. The fourth-order valence-corrected chi connectivity index (χ4v) is 0.632. The smallest absolute Gasteiger partial charge is 0.280 e. The average molecular weight is 124 g/mol. The summed E-state index contributed by atoms with van der Waals surface area (Å²) in [5.41, 5.74) is 2.71. The van der Waals surface area contributed by atoms with E-state index in [4.69, 9.17) is 0 Å². The summed E-state index contributed by atoms with van der Waals surface area (Å²) in [6.45, 7) is 0. The number of rotatable bonds is 2. The molecule has 2 heteroatoms. The van der Waals surface area contributed by atoms with Crippen molar-refractivity contribution in [1.82, 2.24) is 5.48 Å². The van der Waals surface area contributed by atoms with Gasteiger partial charge >= 0.3 is 0 Å². The third-order valence-corrected chi connectivity index (χ3v) is 0.997. The summed E-state index contributed by atoms with van der Waals surface area (Å²) in [7, 11) is 1.78. The number of nitrogens with one attached hydrogen (secondary N) is 1. The second-order valence-electron chi connectivity index (χ2n) is 1.67. The number of benzene rings is 1. The van der Waals surface area contributed by atoms with Crippen molar-refractivity contribution in [3.05, 3.63) is 30.3 Å². The molecule has 1 aromatic carbocycles. The monoisotopic (exact) mass is 124 g/mol. The van der Waals surface area contributed by atoms with E-state index in [1.807, 2.05) is 30.3 Å². The summed E-state index contributed by atoms with van der Waals surface area (Å²) in [4.78, 5) is 3.96. The lowest BCUT2D eigenvalue weighted by Gasteiger charge is -1.95. The molecule has 0 atom stereocenters. The molecule has 2 N–H and O–H groups in total. The summed E-state index contributed by atoms with van der Waals surface area (Å²) in [6, 6.07) is 9.76. The van der Waals surface area contributed by atoms with Crippen LogP contribution in [-0.4, -0.2) is 11.9 Å². The van der Waals surface area contributed by atoms with Gasteiger partial charge in [0.1, 0.15) is 0 Å². The van der Waals surface area contributed by atoms with Crippen molar-refractivity contribution in [2.45, 2.75) is 0 Å². The van der Waals surface area contributed by atoms with Crippen LogP contribution >= 0.6 is 0 Å². The number of aromatic hydroxyl groups is 1. The first-order chi connectivity index (χ1) is 4.43. The lowest BCUT2D eigenvalue weighted by molar-refractivity contribution is -0.0138. The molecule has 9 heavy (non-hydrogen) atoms. The Morgan fingerprint density at radius 2 is 1.89 bits per heavy atom. The zero-order valence-corrected chi connectivity index (χ0v) is 5.33. The largest absolute Gasteiger partial charge is 0.474 e. The van der Waals surface area contributed by atoms with Crippen molar-refractivity contribution in [3.8, 4) is 5.75 Å². The molecule has 0 spiro atoms. The van der Waals surface area contributed by atoms with E-state index in [0.29, 0.717) is 0 Å². The molecule has 0 aliphatic carbocycles. The Balaban J connectivity index is 2.61. The maximum Gasteiger partial charge on any atom is 0.280 e. The Hall–Kier alpha value is -1.02. The number of hydrogen-bond acceptors (Lipinski definition) is 1. The van der Waals surface area contributed by atoms with Gasteiger partial charge in [0.15, 0.2) is 0 Å². The molecule has 0 aliphatic heterocycles. The van der Waals surface area contributed by atoms with Crippen LogP contribution < -0.4 is 5.48 Å². The second kappa shape index (κ2) is 3.10. The lowest BCUT2D eigenvalue weighted by Crippen LogP contribution is -2.06. The van der Waals surface area contributed by atoms with Gasteiger partial charge in [-0.3, -0.25) is 0 Å². The topological polar surface area (TPSA) is 24.8 Å². The van der Waals surface area contributed by atoms with Gasteiger partial charge in [-0.1, -0.05) is 23.7 Å². The molecule has 0 radical (unpaired) electrons. The maximum atomic E-state index is 3.96. The highest BCUT2D eigenvalue weighted by Crippen LogP contribution is 2.06. The number of hydroxylamine groups is 1. The third kappa shape index (κ3) is 1.74. The summed E-state index contributed by atoms with van der Waals surface area (Å²) in [6.07, 6.45) is 0. The molecule has 0 bridgehead atoms. The molecule has 0 saturated carbocycles. The van der Waals surface area contributed by atoms with Crippen LogP contribution in [0.15, 0.2) is 30.3 Å². The number of hydrogen-bond donors (Lipinski definition) is 1. The molecule has 0 fully saturated rings. The van der Waals surface area contributed by atoms with E-state index >= 15 is 0 Å². The van der Waals surface area contributed by atoms with E-state index in [1.165, 1.54) is 0 Å². The summed E-state index contributed by atoms with van der Waals surface area (Å²) < 4.78 is 0. The zero-order valence-electron chi connectivity index (χ0n) is 5.33. The van der Waals surface area contributed by atoms with E-state index in [0.717, 1.165) is 5.75 Å². The van der Waals surface area contributed by atoms with Gasteiger partial charge in [-0.25, -0.2) is 0 Å². The normalized spacial score (nSPS) is 9.00. The Morgan fingerprint density at radius 1 is 1.22 bits per heavy atom. The standard InChI is InChI=1S/C7H9NO/c1-8-9-7-5-3-2-4-6-7/h2-6,8H,1H3/p+1. The van der Waals surface area contributed by atoms with Crippen LogP contribution in [0, 0.1) is 0 Å². The lowest BCUT2D eigenvalue weighted by atomic mass is 10.3. The van der Waals surface area contributed by atoms with Gasteiger partial charge in [0.2, 0.25) is 0 Å². The minimum atomic E-state index is 0.958. The fourth-order valence-electron chi connectivity index (χ4n) is 0.632. The van der Waals surface area contributed by atoms with Crippen LogP contribution in [0.2, 0.25) is 0 Å². The van der Waals surface area contributed by atoms with Crippen molar-refractivity contribution >= 4 is 0 Å². The highest BCUT2D eigenvalue weighted by atomic mass is 16.6. The summed E-state index contributed by atoms with van der Waals surface area (Å²) >= 11 is 0. The van der Waals surface area contributed by atoms with Gasteiger partial charge in [-0.15, -0.1) is 0 Å². The van der Waals surface area contributed by atoms with Crippen molar-refractivity contribution in [1.29, 1.82) is 0 Å². The van der Waals surface area contributed by atoms with Gasteiger partial charge < -0.3 is 4.84 Å². The molecule has 1 rings (SSSR count). The van der Waals surface area contributed by atoms with Crippen molar-refractivity contribution < 1.29 is 4.84 Å². The van der Waals surface area contributed by atoms with Gasteiger partial charge in [-0.05, 0) is 0 Å². The van der Waals surface area contributed by atoms with E-state index in [9.17, 15) is 0 Å². The highest BCUT2D eigenvalue weighted by Gasteiger charge is 1.90. The molecule has 0 heterocycles. The third-order valence-electron chi connectivity index (χ3n) is 0.997. The first kappa shape index (κ1) is 6.11. The molecule has 1 aromatic rings. The summed E-state index contributed by atoms with van der Waals surface area (Å²) in [5.74, 6) is 0.958. The predicted molar refractivity (Wildman–Crippen MR) is 37.2 cm³/mol. The Morgan fingerprint density at radius 3 is 2.44 bits per heavy atom. The molecule has 2 nitrogen and oxygen atoms in total. The van der Waals surface area contributed by atoms with Crippen LogP contribution in [0.1, 0.15) is 0 Å².